The fraction of sp³-hybridized carbons (Fsp3) is 0.333. The number of aryl methyl sites for hydroxylation is 1. The average molecular weight is 292 g/mol. The van der Waals surface area contributed by atoms with E-state index >= 15 is 0 Å². The van der Waals surface area contributed by atoms with Crippen LogP contribution >= 0.6 is 11.6 Å². The first-order chi connectivity index (χ1) is 9.51. The molecular weight excluding hydrogens is 274 g/mol. The zero-order chi connectivity index (χ0) is 14.7. The molecule has 4 nitrogen and oxygen atoms in total. The van der Waals surface area contributed by atoms with Gasteiger partial charge < -0.3 is 10.1 Å². The molecule has 0 bridgehead atoms. The molecule has 0 aliphatic rings. The number of nitrogens with zero attached hydrogens (tertiary/aromatic N) is 2. The summed E-state index contributed by atoms with van der Waals surface area (Å²) in [6, 6.07) is 6.14. The number of ether oxygens (including phenoxy) is 1. The number of nitrogens with one attached hydrogen (secondary N) is 1. The van der Waals surface area contributed by atoms with Crippen LogP contribution in [0.15, 0.2) is 24.4 Å². The highest BCUT2D eigenvalue weighted by Crippen LogP contribution is 2.33. The van der Waals surface area contributed by atoms with E-state index in [2.05, 4.69) is 41.3 Å². The summed E-state index contributed by atoms with van der Waals surface area (Å²) < 4.78 is 5.90. The minimum Gasteiger partial charge on any atom is -0.437 e. The summed E-state index contributed by atoms with van der Waals surface area (Å²) in [6.45, 7) is 6.27. The number of hydrogen-bond donors (Lipinski definition) is 1. The third-order valence-electron chi connectivity index (χ3n) is 2.93. The maximum absolute atomic E-state index is 6.10. The molecule has 1 heterocycles. The van der Waals surface area contributed by atoms with Crippen molar-refractivity contribution in [1.29, 1.82) is 0 Å². The molecule has 0 saturated heterocycles. The monoisotopic (exact) mass is 291 g/mol. The molecule has 0 aliphatic heterocycles. The Morgan fingerprint density at radius 1 is 1.30 bits per heavy atom. The van der Waals surface area contributed by atoms with Gasteiger partial charge in [0.05, 0.1) is 6.20 Å². The van der Waals surface area contributed by atoms with Crippen molar-refractivity contribution in [3.05, 3.63) is 40.5 Å². The van der Waals surface area contributed by atoms with Crippen molar-refractivity contribution in [3.63, 3.8) is 0 Å². The Hall–Kier alpha value is -1.81. The van der Waals surface area contributed by atoms with E-state index in [1.165, 1.54) is 6.20 Å². The van der Waals surface area contributed by atoms with Gasteiger partial charge >= 0.3 is 0 Å². The highest BCUT2D eigenvalue weighted by atomic mass is 35.5. The number of anilines is 1. The fourth-order valence-corrected chi connectivity index (χ4v) is 1.98. The molecule has 0 radical (unpaired) electrons. The van der Waals surface area contributed by atoms with Gasteiger partial charge in [-0.2, -0.15) is 4.98 Å². The van der Waals surface area contributed by atoms with Crippen molar-refractivity contribution in [3.8, 4) is 11.6 Å². The molecule has 0 unspecified atom stereocenters. The molecular formula is C15H18ClN3O. The van der Waals surface area contributed by atoms with Crippen LogP contribution in [-0.2, 0) is 0 Å². The van der Waals surface area contributed by atoms with Crippen molar-refractivity contribution in [1.82, 2.24) is 9.97 Å². The van der Waals surface area contributed by atoms with Crippen LogP contribution < -0.4 is 10.1 Å². The lowest BCUT2D eigenvalue weighted by Crippen LogP contribution is -2.00. The number of benzene rings is 1. The quantitative estimate of drug-likeness (QED) is 0.907. The van der Waals surface area contributed by atoms with Gasteiger partial charge in [0.15, 0.2) is 0 Å². The van der Waals surface area contributed by atoms with Gasteiger partial charge in [0.2, 0.25) is 11.8 Å². The SMILES string of the molecule is CNc1ncc(Cl)c(Oc2cc(C)ccc2C(C)C)n1. The lowest BCUT2D eigenvalue weighted by atomic mass is 10.0. The third kappa shape index (κ3) is 3.20. The molecule has 0 fully saturated rings. The van der Waals surface area contributed by atoms with E-state index in [0.717, 1.165) is 16.9 Å². The molecule has 0 spiro atoms. The molecule has 0 amide bonds. The lowest BCUT2D eigenvalue weighted by molar-refractivity contribution is 0.454. The standard InChI is InChI=1S/C15H18ClN3O/c1-9(2)11-6-5-10(3)7-13(11)20-14-12(16)8-18-15(17-4)19-14/h5-9H,1-4H3,(H,17,18,19). The summed E-state index contributed by atoms with van der Waals surface area (Å²) in [5, 5.41) is 3.26. The fourth-order valence-electron chi connectivity index (χ4n) is 1.85. The second-order valence-electron chi connectivity index (χ2n) is 4.89. The largest absolute Gasteiger partial charge is 0.437 e. The van der Waals surface area contributed by atoms with Crippen LogP contribution in [0.2, 0.25) is 5.02 Å². The second-order valence-corrected chi connectivity index (χ2v) is 5.30. The molecule has 2 rings (SSSR count). The molecule has 1 N–H and O–H groups in total. The first kappa shape index (κ1) is 14.6. The zero-order valence-corrected chi connectivity index (χ0v) is 12.8. The Morgan fingerprint density at radius 2 is 2.05 bits per heavy atom. The number of hydrogen-bond acceptors (Lipinski definition) is 4. The molecule has 20 heavy (non-hydrogen) atoms. The second kappa shape index (κ2) is 6.09. The van der Waals surface area contributed by atoms with Gasteiger partial charge in [-0.25, -0.2) is 4.98 Å². The lowest BCUT2D eigenvalue weighted by Gasteiger charge is -2.15. The first-order valence-electron chi connectivity index (χ1n) is 6.50. The maximum Gasteiger partial charge on any atom is 0.243 e. The van der Waals surface area contributed by atoms with Gasteiger partial charge in [-0.05, 0) is 30.0 Å². The van der Waals surface area contributed by atoms with Crippen LogP contribution in [0.1, 0.15) is 30.9 Å². The van der Waals surface area contributed by atoms with E-state index in [1.54, 1.807) is 7.05 Å². The Morgan fingerprint density at radius 3 is 2.70 bits per heavy atom. The van der Waals surface area contributed by atoms with Crippen LogP contribution in [0.5, 0.6) is 11.6 Å². The molecule has 2 aromatic rings. The molecule has 0 aliphatic carbocycles. The molecule has 5 heteroatoms. The number of aromatic nitrogens is 2. The molecule has 106 valence electrons. The predicted octanol–water partition coefficient (Wildman–Crippen LogP) is 4.40. The summed E-state index contributed by atoms with van der Waals surface area (Å²) >= 11 is 6.10. The van der Waals surface area contributed by atoms with E-state index in [9.17, 15) is 0 Å². The number of rotatable bonds is 4. The van der Waals surface area contributed by atoms with E-state index in [-0.39, 0.29) is 0 Å². The summed E-state index contributed by atoms with van der Waals surface area (Å²) in [5.74, 6) is 1.97. The van der Waals surface area contributed by atoms with Gasteiger partial charge in [-0.1, -0.05) is 37.6 Å². The first-order valence-corrected chi connectivity index (χ1v) is 6.87. The van der Waals surface area contributed by atoms with Crippen LogP contribution in [0, 0.1) is 6.92 Å². The number of halogens is 1. The Labute approximate surface area is 124 Å². The van der Waals surface area contributed by atoms with E-state index in [1.807, 2.05) is 13.0 Å². The minimum absolute atomic E-state index is 0.356. The van der Waals surface area contributed by atoms with Crippen LogP contribution in [-0.4, -0.2) is 17.0 Å². The van der Waals surface area contributed by atoms with E-state index < -0.39 is 0 Å². The Balaban J connectivity index is 2.41. The van der Waals surface area contributed by atoms with Gasteiger partial charge in [-0.3, -0.25) is 0 Å². The Bertz CT molecular complexity index is 614. The highest BCUT2D eigenvalue weighted by molar-refractivity contribution is 6.31. The minimum atomic E-state index is 0.356. The van der Waals surface area contributed by atoms with E-state index in [4.69, 9.17) is 16.3 Å². The normalized spacial score (nSPS) is 10.7. The van der Waals surface area contributed by atoms with Crippen molar-refractivity contribution < 1.29 is 4.74 Å². The maximum atomic E-state index is 6.10. The summed E-state index contributed by atoms with van der Waals surface area (Å²) in [6.07, 6.45) is 1.53. The van der Waals surface area contributed by atoms with Crippen LogP contribution in [0.3, 0.4) is 0 Å². The zero-order valence-electron chi connectivity index (χ0n) is 12.1. The van der Waals surface area contributed by atoms with Crippen molar-refractivity contribution in [2.24, 2.45) is 0 Å². The van der Waals surface area contributed by atoms with Crippen LogP contribution in [0.25, 0.3) is 0 Å². The highest BCUT2D eigenvalue weighted by Gasteiger charge is 2.13. The summed E-state index contributed by atoms with van der Waals surface area (Å²) in [7, 11) is 1.75. The topological polar surface area (TPSA) is 47.0 Å². The van der Waals surface area contributed by atoms with Crippen LogP contribution in [0.4, 0.5) is 5.95 Å². The molecule has 1 aromatic carbocycles. The third-order valence-corrected chi connectivity index (χ3v) is 3.19. The van der Waals surface area contributed by atoms with Crippen molar-refractivity contribution in [2.75, 3.05) is 12.4 Å². The van der Waals surface area contributed by atoms with Crippen molar-refractivity contribution >= 4 is 17.5 Å². The van der Waals surface area contributed by atoms with E-state index in [0.29, 0.717) is 22.8 Å². The Kier molecular flexibility index (Phi) is 4.45. The predicted molar refractivity (Wildman–Crippen MR) is 81.9 cm³/mol. The molecule has 1 aromatic heterocycles. The molecule has 0 atom stereocenters. The summed E-state index contributed by atoms with van der Waals surface area (Å²) in [5.41, 5.74) is 2.25. The summed E-state index contributed by atoms with van der Waals surface area (Å²) in [4.78, 5) is 8.28. The smallest absolute Gasteiger partial charge is 0.243 e. The average Bonchev–Trinajstić information content (AvgIpc) is 2.41. The van der Waals surface area contributed by atoms with Gasteiger partial charge in [0.25, 0.3) is 0 Å². The van der Waals surface area contributed by atoms with Gasteiger partial charge in [-0.15, -0.1) is 0 Å². The molecule has 0 saturated carbocycles. The van der Waals surface area contributed by atoms with Gasteiger partial charge in [0, 0.05) is 7.05 Å². The van der Waals surface area contributed by atoms with Crippen molar-refractivity contribution in [2.45, 2.75) is 26.7 Å². The van der Waals surface area contributed by atoms with Gasteiger partial charge in [0.1, 0.15) is 10.8 Å².